The van der Waals surface area contributed by atoms with Crippen LogP contribution in [0.2, 0.25) is 5.02 Å². The van der Waals surface area contributed by atoms with E-state index in [-0.39, 0.29) is 42.6 Å². The third kappa shape index (κ3) is 3.77. The lowest BCUT2D eigenvalue weighted by atomic mass is 9.71. The second-order valence-electron chi connectivity index (χ2n) is 8.52. The van der Waals surface area contributed by atoms with Gasteiger partial charge in [-0.05, 0) is 23.3 Å². The maximum absolute atomic E-state index is 13.8. The summed E-state index contributed by atoms with van der Waals surface area (Å²) in [6, 6.07) is 19.9. The van der Waals surface area contributed by atoms with E-state index in [1.165, 1.54) is 0 Å². The van der Waals surface area contributed by atoms with Gasteiger partial charge in [-0.3, -0.25) is 4.79 Å². The van der Waals surface area contributed by atoms with E-state index in [9.17, 15) is 9.90 Å². The normalized spacial score (nSPS) is 24.6. The van der Waals surface area contributed by atoms with Crippen LogP contribution in [-0.4, -0.2) is 35.9 Å². The van der Waals surface area contributed by atoms with Gasteiger partial charge in [-0.15, -0.1) is 23.2 Å². The summed E-state index contributed by atoms with van der Waals surface area (Å²) in [5.74, 6) is 0.744. The number of fused-ring (bicyclic) bond motifs is 3. The minimum atomic E-state index is -2.01. The van der Waals surface area contributed by atoms with E-state index in [1.54, 1.807) is 36.4 Å². The molecule has 1 aliphatic carbocycles. The molecule has 3 atom stereocenters. The first-order chi connectivity index (χ1) is 17.0. The Balaban J connectivity index is 1.76. The fraction of sp³-hybridized carbons (Fsp3) is 0.296. The van der Waals surface area contributed by atoms with Gasteiger partial charge in [0.2, 0.25) is 0 Å². The van der Waals surface area contributed by atoms with Gasteiger partial charge in [-0.1, -0.05) is 54.1 Å². The van der Waals surface area contributed by atoms with Crippen molar-refractivity contribution in [3.8, 4) is 17.2 Å². The molecule has 3 aromatic carbocycles. The van der Waals surface area contributed by atoms with Crippen LogP contribution in [0.4, 0.5) is 0 Å². The number of ether oxygens (including phenoxy) is 3. The minimum Gasteiger partial charge on any atom is -0.492 e. The number of Topliss-reactive ketones (excluding diaryl/α,β-unsaturated/α-hetero) is 1. The molecule has 0 unspecified atom stereocenters. The zero-order valence-electron chi connectivity index (χ0n) is 18.7. The van der Waals surface area contributed by atoms with Crippen LogP contribution in [0.5, 0.6) is 17.2 Å². The summed E-state index contributed by atoms with van der Waals surface area (Å²) in [5, 5.41) is 13.0. The van der Waals surface area contributed by atoms with Crippen molar-refractivity contribution in [2.45, 2.75) is 23.5 Å². The summed E-state index contributed by atoms with van der Waals surface area (Å²) < 4.78 is 18.3. The van der Waals surface area contributed by atoms with Crippen LogP contribution < -0.4 is 14.2 Å². The van der Waals surface area contributed by atoms with Crippen molar-refractivity contribution in [1.82, 2.24) is 0 Å². The third-order valence-corrected chi connectivity index (χ3v) is 7.21. The Morgan fingerprint density at radius 1 is 0.971 bits per heavy atom. The van der Waals surface area contributed by atoms with E-state index in [0.717, 1.165) is 5.56 Å². The standard InChI is InChI=1S/C27H23Cl3O5/c28-10-12-33-20-14-22(34-13-11-29)25-23(15-20)35-27(18-6-8-19(30)9-7-18)21(16-24(31)26(25,27)32)17-4-2-1-3-5-17/h1-9,14-15,21,32H,10-13,16H2/t21-,26-,27+/m0/s1. The molecule has 35 heavy (non-hydrogen) atoms. The topological polar surface area (TPSA) is 65.0 Å². The van der Waals surface area contributed by atoms with E-state index in [0.29, 0.717) is 28.0 Å². The number of rotatable bonds is 8. The van der Waals surface area contributed by atoms with Crippen LogP contribution in [-0.2, 0) is 16.0 Å². The number of aliphatic hydroxyl groups is 1. The Morgan fingerprint density at radius 2 is 1.66 bits per heavy atom. The van der Waals surface area contributed by atoms with Crippen LogP contribution >= 0.6 is 34.8 Å². The zero-order valence-corrected chi connectivity index (χ0v) is 20.9. The molecule has 8 heteroatoms. The van der Waals surface area contributed by atoms with Crippen LogP contribution in [0.1, 0.15) is 29.0 Å². The highest BCUT2D eigenvalue weighted by Crippen LogP contribution is 2.67. The predicted molar refractivity (Wildman–Crippen MR) is 135 cm³/mol. The first-order valence-electron chi connectivity index (χ1n) is 11.3. The van der Waals surface area contributed by atoms with Crippen LogP contribution in [0.25, 0.3) is 0 Å². The van der Waals surface area contributed by atoms with E-state index in [1.807, 2.05) is 30.3 Å². The number of benzene rings is 3. The van der Waals surface area contributed by atoms with Crippen molar-refractivity contribution in [2.75, 3.05) is 25.0 Å². The van der Waals surface area contributed by atoms with Gasteiger partial charge in [0.1, 0.15) is 30.5 Å². The van der Waals surface area contributed by atoms with Gasteiger partial charge in [0.05, 0.1) is 17.3 Å². The number of carbonyl (C=O) groups is 1. The summed E-state index contributed by atoms with van der Waals surface area (Å²) in [6.45, 7) is 0.445. The monoisotopic (exact) mass is 532 g/mol. The summed E-state index contributed by atoms with van der Waals surface area (Å²) in [5.41, 5.74) is -1.67. The fourth-order valence-electron chi connectivity index (χ4n) is 5.29. The largest absolute Gasteiger partial charge is 0.492 e. The van der Waals surface area contributed by atoms with Gasteiger partial charge in [-0.25, -0.2) is 0 Å². The summed E-state index contributed by atoms with van der Waals surface area (Å²) >= 11 is 17.9. The summed E-state index contributed by atoms with van der Waals surface area (Å²) in [4.78, 5) is 13.8. The first-order valence-corrected chi connectivity index (χ1v) is 12.7. The highest BCUT2D eigenvalue weighted by Gasteiger charge is 2.74. The molecule has 182 valence electrons. The first kappa shape index (κ1) is 24.3. The highest BCUT2D eigenvalue weighted by atomic mass is 35.5. The van der Waals surface area contributed by atoms with Crippen molar-refractivity contribution >= 4 is 40.6 Å². The number of hydrogen-bond acceptors (Lipinski definition) is 5. The number of hydrogen-bond donors (Lipinski definition) is 1. The van der Waals surface area contributed by atoms with Crippen LogP contribution in [0.15, 0.2) is 66.7 Å². The maximum Gasteiger partial charge on any atom is 0.200 e. The van der Waals surface area contributed by atoms with Crippen molar-refractivity contribution in [1.29, 1.82) is 0 Å². The summed E-state index contributed by atoms with van der Waals surface area (Å²) in [6.07, 6.45) is 0.0853. The lowest BCUT2D eigenvalue weighted by molar-refractivity contribution is -0.151. The molecular formula is C27H23Cl3O5. The Kier molecular flexibility index (Phi) is 6.62. The molecule has 1 aliphatic heterocycles. The van der Waals surface area contributed by atoms with Gasteiger partial charge in [0, 0.05) is 29.5 Å². The molecule has 0 amide bonds. The molecule has 0 radical (unpaired) electrons. The highest BCUT2D eigenvalue weighted by molar-refractivity contribution is 6.30. The second-order valence-corrected chi connectivity index (χ2v) is 9.71. The zero-order chi connectivity index (χ0) is 24.6. The minimum absolute atomic E-state index is 0.0853. The molecule has 0 aromatic heterocycles. The van der Waals surface area contributed by atoms with E-state index >= 15 is 0 Å². The molecule has 1 N–H and O–H groups in total. The average molecular weight is 534 g/mol. The summed E-state index contributed by atoms with van der Waals surface area (Å²) in [7, 11) is 0. The predicted octanol–water partition coefficient (Wildman–Crippen LogP) is 5.81. The Hall–Kier alpha value is -2.44. The lowest BCUT2D eigenvalue weighted by Gasteiger charge is -2.39. The molecule has 0 spiro atoms. The molecular weight excluding hydrogens is 511 g/mol. The fourth-order valence-corrected chi connectivity index (χ4v) is 5.57. The van der Waals surface area contributed by atoms with Crippen LogP contribution in [0.3, 0.4) is 0 Å². The molecule has 5 rings (SSSR count). The molecule has 0 saturated heterocycles. The molecule has 5 nitrogen and oxygen atoms in total. The van der Waals surface area contributed by atoms with E-state index in [4.69, 9.17) is 49.0 Å². The van der Waals surface area contributed by atoms with Gasteiger partial charge >= 0.3 is 0 Å². The van der Waals surface area contributed by atoms with Gasteiger partial charge in [0.25, 0.3) is 0 Å². The third-order valence-electron chi connectivity index (χ3n) is 6.65. The molecule has 0 bridgehead atoms. The van der Waals surface area contributed by atoms with E-state index < -0.39 is 17.1 Å². The molecule has 1 saturated carbocycles. The average Bonchev–Trinajstić information content (AvgIpc) is 3.27. The molecule has 3 aromatic rings. The SMILES string of the molecule is O=C1C[C@@H](c2ccccc2)[C@@]2(c3ccc(Cl)cc3)Oc3cc(OCCCl)cc(OCCCl)c3[C@@]12O. The van der Waals surface area contributed by atoms with Gasteiger partial charge in [-0.2, -0.15) is 0 Å². The lowest BCUT2D eigenvalue weighted by Crippen LogP contribution is -2.50. The second kappa shape index (κ2) is 9.55. The van der Waals surface area contributed by atoms with Crippen molar-refractivity contribution in [3.05, 3.63) is 88.4 Å². The Morgan fingerprint density at radius 3 is 2.34 bits per heavy atom. The Labute approximate surface area is 218 Å². The molecule has 1 heterocycles. The Bertz CT molecular complexity index is 1230. The molecule has 1 fully saturated rings. The number of carbonyl (C=O) groups excluding carboxylic acids is 1. The number of ketones is 1. The smallest absolute Gasteiger partial charge is 0.200 e. The van der Waals surface area contributed by atoms with Crippen molar-refractivity contribution in [2.24, 2.45) is 0 Å². The van der Waals surface area contributed by atoms with Crippen molar-refractivity contribution in [3.63, 3.8) is 0 Å². The molecule has 2 aliphatic rings. The van der Waals surface area contributed by atoms with Crippen LogP contribution in [0, 0.1) is 0 Å². The van der Waals surface area contributed by atoms with E-state index in [2.05, 4.69) is 0 Å². The van der Waals surface area contributed by atoms with Gasteiger partial charge < -0.3 is 19.3 Å². The number of halogens is 3. The quantitative estimate of drug-likeness (QED) is 0.370. The maximum atomic E-state index is 13.8. The van der Waals surface area contributed by atoms with Gasteiger partial charge in [0.15, 0.2) is 17.0 Å². The van der Waals surface area contributed by atoms with Crippen molar-refractivity contribution < 1.29 is 24.1 Å². The number of alkyl halides is 2.